The van der Waals surface area contributed by atoms with Crippen LogP contribution >= 0.6 is 15.9 Å². The normalized spacial score (nSPS) is 10.4. The Labute approximate surface area is 87.8 Å². The molecule has 14 heavy (non-hydrogen) atoms. The molecule has 78 valence electrons. The maximum atomic E-state index is 13.2. The lowest BCUT2D eigenvalue weighted by atomic mass is 10.2. The standard InChI is InChI=1S/C8H8BrF2NO2/c1-14-8-5(9)2-4(3-12-13)6(10)7(8)11/h2,12-13H,3H2,1H3. The Hall–Kier alpha value is -0.720. The number of nitrogens with one attached hydrogen (secondary N) is 1. The molecule has 0 unspecified atom stereocenters. The maximum Gasteiger partial charge on any atom is 0.202 e. The van der Waals surface area contributed by atoms with E-state index in [-0.39, 0.29) is 17.9 Å². The van der Waals surface area contributed by atoms with Gasteiger partial charge in [0.15, 0.2) is 11.6 Å². The fourth-order valence-corrected chi connectivity index (χ4v) is 1.64. The second-order valence-electron chi connectivity index (χ2n) is 2.51. The highest BCUT2D eigenvalue weighted by Gasteiger charge is 2.17. The van der Waals surface area contributed by atoms with E-state index in [1.54, 1.807) is 5.48 Å². The quantitative estimate of drug-likeness (QED) is 0.652. The molecular formula is C8H8BrF2NO2. The Morgan fingerprint density at radius 2 is 2.14 bits per heavy atom. The minimum Gasteiger partial charge on any atom is -0.492 e. The van der Waals surface area contributed by atoms with Gasteiger partial charge in [0.05, 0.1) is 11.6 Å². The van der Waals surface area contributed by atoms with Crippen molar-refractivity contribution in [2.75, 3.05) is 7.11 Å². The van der Waals surface area contributed by atoms with Crippen molar-refractivity contribution in [2.45, 2.75) is 6.54 Å². The summed E-state index contributed by atoms with van der Waals surface area (Å²) in [4.78, 5) is 0. The van der Waals surface area contributed by atoms with E-state index in [2.05, 4.69) is 20.7 Å². The third-order valence-electron chi connectivity index (χ3n) is 1.67. The van der Waals surface area contributed by atoms with Crippen LogP contribution in [-0.2, 0) is 6.54 Å². The number of halogens is 3. The lowest BCUT2D eigenvalue weighted by molar-refractivity contribution is 0.159. The fraction of sp³-hybridized carbons (Fsp3) is 0.250. The molecule has 0 heterocycles. The molecule has 1 aromatic carbocycles. The zero-order valence-electron chi connectivity index (χ0n) is 7.27. The van der Waals surface area contributed by atoms with Gasteiger partial charge in [-0.3, -0.25) is 0 Å². The fourth-order valence-electron chi connectivity index (χ4n) is 1.03. The first kappa shape index (κ1) is 11.4. The van der Waals surface area contributed by atoms with Gasteiger partial charge in [-0.1, -0.05) is 0 Å². The van der Waals surface area contributed by atoms with E-state index in [0.717, 1.165) is 0 Å². The van der Waals surface area contributed by atoms with Gasteiger partial charge in [-0.05, 0) is 22.0 Å². The molecule has 0 aliphatic carbocycles. The Balaban J connectivity index is 3.25. The summed E-state index contributed by atoms with van der Waals surface area (Å²) in [6.45, 7) is -0.175. The number of ether oxygens (including phenoxy) is 1. The highest BCUT2D eigenvalue weighted by molar-refractivity contribution is 9.10. The van der Waals surface area contributed by atoms with E-state index in [9.17, 15) is 8.78 Å². The van der Waals surface area contributed by atoms with Gasteiger partial charge >= 0.3 is 0 Å². The van der Waals surface area contributed by atoms with Crippen molar-refractivity contribution in [1.29, 1.82) is 0 Å². The lowest BCUT2D eigenvalue weighted by Crippen LogP contribution is -2.09. The average Bonchev–Trinajstić information content (AvgIpc) is 2.15. The summed E-state index contributed by atoms with van der Waals surface area (Å²) in [7, 11) is 1.24. The van der Waals surface area contributed by atoms with Crippen LogP contribution in [0.1, 0.15) is 5.56 Å². The van der Waals surface area contributed by atoms with Crippen molar-refractivity contribution in [1.82, 2.24) is 5.48 Å². The molecular weight excluding hydrogens is 260 g/mol. The molecule has 1 aromatic rings. The Morgan fingerprint density at radius 1 is 1.50 bits per heavy atom. The number of hydrogen-bond donors (Lipinski definition) is 2. The second kappa shape index (κ2) is 4.68. The predicted octanol–water partition coefficient (Wildman–Crippen LogP) is 2.21. The molecule has 0 saturated carbocycles. The molecule has 0 radical (unpaired) electrons. The van der Waals surface area contributed by atoms with E-state index < -0.39 is 11.6 Å². The van der Waals surface area contributed by atoms with Crippen LogP contribution in [0.4, 0.5) is 8.78 Å². The van der Waals surface area contributed by atoms with E-state index >= 15 is 0 Å². The summed E-state index contributed by atoms with van der Waals surface area (Å²) < 4.78 is 31.3. The molecule has 0 spiro atoms. The molecule has 3 nitrogen and oxygen atoms in total. The van der Waals surface area contributed by atoms with Gasteiger partial charge in [-0.25, -0.2) is 9.87 Å². The third-order valence-corrected chi connectivity index (χ3v) is 2.25. The van der Waals surface area contributed by atoms with Crippen LogP contribution < -0.4 is 10.2 Å². The molecule has 2 N–H and O–H groups in total. The van der Waals surface area contributed by atoms with Crippen LogP contribution in [0.25, 0.3) is 0 Å². The monoisotopic (exact) mass is 267 g/mol. The topological polar surface area (TPSA) is 41.5 Å². The molecule has 0 bridgehead atoms. The zero-order chi connectivity index (χ0) is 10.7. The summed E-state index contributed by atoms with van der Waals surface area (Å²) in [6.07, 6.45) is 0. The molecule has 1 rings (SSSR count). The van der Waals surface area contributed by atoms with Crippen LogP contribution in [0, 0.1) is 11.6 Å². The molecule has 0 aliphatic rings. The van der Waals surface area contributed by atoms with Gasteiger partial charge in [0, 0.05) is 12.1 Å². The molecule has 0 atom stereocenters. The highest BCUT2D eigenvalue weighted by atomic mass is 79.9. The first-order valence-electron chi connectivity index (χ1n) is 3.69. The van der Waals surface area contributed by atoms with Gasteiger partial charge < -0.3 is 9.94 Å². The molecule has 6 heteroatoms. The first-order valence-corrected chi connectivity index (χ1v) is 4.48. The number of rotatable bonds is 3. The summed E-state index contributed by atoms with van der Waals surface area (Å²) in [5.41, 5.74) is 1.76. The first-order chi connectivity index (χ1) is 6.61. The van der Waals surface area contributed by atoms with Gasteiger partial charge in [-0.2, -0.15) is 4.39 Å². The van der Waals surface area contributed by atoms with Crippen molar-refractivity contribution >= 4 is 15.9 Å². The van der Waals surface area contributed by atoms with Crippen molar-refractivity contribution in [2.24, 2.45) is 0 Å². The van der Waals surface area contributed by atoms with E-state index in [1.807, 2.05) is 0 Å². The van der Waals surface area contributed by atoms with E-state index in [1.165, 1.54) is 13.2 Å². The predicted molar refractivity (Wildman–Crippen MR) is 49.2 cm³/mol. The summed E-state index contributed by atoms with van der Waals surface area (Å²) >= 11 is 3.02. The van der Waals surface area contributed by atoms with Crippen LogP contribution in [0.15, 0.2) is 10.5 Å². The van der Waals surface area contributed by atoms with Crippen LogP contribution in [0.3, 0.4) is 0 Å². The van der Waals surface area contributed by atoms with Gasteiger partial charge in [-0.15, -0.1) is 0 Å². The van der Waals surface area contributed by atoms with Crippen molar-refractivity contribution in [3.05, 3.63) is 27.7 Å². The van der Waals surface area contributed by atoms with Crippen LogP contribution in [0.2, 0.25) is 0 Å². The summed E-state index contributed by atoms with van der Waals surface area (Å²) in [5, 5.41) is 8.37. The largest absolute Gasteiger partial charge is 0.492 e. The molecule has 0 amide bonds. The smallest absolute Gasteiger partial charge is 0.202 e. The van der Waals surface area contributed by atoms with Gasteiger partial charge in [0.25, 0.3) is 0 Å². The second-order valence-corrected chi connectivity index (χ2v) is 3.37. The zero-order valence-corrected chi connectivity index (χ0v) is 8.86. The van der Waals surface area contributed by atoms with Crippen LogP contribution in [-0.4, -0.2) is 12.3 Å². The summed E-state index contributed by atoms with van der Waals surface area (Å²) in [5.74, 6) is -2.30. The Kier molecular flexibility index (Phi) is 3.79. The minimum atomic E-state index is -1.08. The SMILES string of the molecule is COc1c(Br)cc(CNO)c(F)c1F. The number of hydrogen-bond acceptors (Lipinski definition) is 3. The molecule has 0 fully saturated rings. The lowest BCUT2D eigenvalue weighted by Gasteiger charge is -2.09. The van der Waals surface area contributed by atoms with Crippen LogP contribution in [0.5, 0.6) is 5.75 Å². The molecule has 0 aliphatic heterocycles. The number of benzene rings is 1. The molecule has 0 aromatic heterocycles. The minimum absolute atomic E-state index is 0.0117. The third kappa shape index (κ3) is 2.02. The maximum absolute atomic E-state index is 13.2. The van der Waals surface area contributed by atoms with Crippen molar-refractivity contribution in [3.8, 4) is 5.75 Å². The number of methoxy groups -OCH3 is 1. The highest BCUT2D eigenvalue weighted by Crippen LogP contribution is 2.31. The Bertz CT molecular complexity index is 347. The number of hydroxylamine groups is 1. The summed E-state index contributed by atoms with van der Waals surface area (Å²) in [6, 6.07) is 1.33. The Morgan fingerprint density at radius 3 is 2.64 bits per heavy atom. The molecule has 0 saturated heterocycles. The van der Waals surface area contributed by atoms with E-state index in [4.69, 9.17) is 5.21 Å². The van der Waals surface area contributed by atoms with Crippen molar-refractivity contribution < 1.29 is 18.7 Å². The van der Waals surface area contributed by atoms with Gasteiger partial charge in [0.2, 0.25) is 5.82 Å². The van der Waals surface area contributed by atoms with E-state index in [0.29, 0.717) is 4.47 Å². The van der Waals surface area contributed by atoms with Gasteiger partial charge in [0.1, 0.15) is 0 Å². The average molecular weight is 268 g/mol. The van der Waals surface area contributed by atoms with Crippen molar-refractivity contribution in [3.63, 3.8) is 0 Å².